The third-order valence-corrected chi connectivity index (χ3v) is 7.57. The van der Waals surface area contributed by atoms with Crippen LogP contribution in [-0.2, 0) is 21.6 Å². The van der Waals surface area contributed by atoms with Crippen molar-refractivity contribution in [1.29, 1.82) is 0 Å². The Labute approximate surface area is 197 Å². The Morgan fingerprint density at radius 3 is 2.64 bits per heavy atom. The van der Waals surface area contributed by atoms with Crippen LogP contribution in [0.3, 0.4) is 0 Å². The van der Waals surface area contributed by atoms with Gasteiger partial charge in [-0.25, -0.2) is 0 Å². The molecular formula is C26H27N3O3S. The number of fused-ring (bicyclic) bond motifs is 2. The van der Waals surface area contributed by atoms with Gasteiger partial charge in [-0.1, -0.05) is 30.3 Å². The molecule has 0 unspecified atom stereocenters. The van der Waals surface area contributed by atoms with Crippen molar-refractivity contribution in [2.24, 2.45) is 0 Å². The largest absolute Gasteiger partial charge is 0.368 e. The van der Waals surface area contributed by atoms with Crippen LogP contribution in [0.2, 0.25) is 0 Å². The van der Waals surface area contributed by atoms with Crippen molar-refractivity contribution < 1.29 is 14.3 Å². The van der Waals surface area contributed by atoms with E-state index in [0.29, 0.717) is 19.7 Å². The average Bonchev–Trinajstić information content (AvgIpc) is 3.46. The zero-order chi connectivity index (χ0) is 22.8. The molecule has 3 heterocycles. The molecule has 1 aliphatic carbocycles. The number of carbonyl (C=O) groups is 2. The highest BCUT2D eigenvalue weighted by Gasteiger charge is 2.54. The lowest BCUT2D eigenvalue weighted by atomic mass is 9.71. The SMILES string of the molecule is CC(=O)N[C@@H]1c2ccccc2C2(CCN(C(=O)c3ccsc3)CC2)[C@H]1OCc1ccccn1. The first-order valence-corrected chi connectivity index (χ1v) is 12.2. The molecule has 0 bridgehead atoms. The molecule has 1 N–H and O–H groups in total. The first-order valence-electron chi connectivity index (χ1n) is 11.3. The van der Waals surface area contributed by atoms with Gasteiger partial charge < -0.3 is 15.0 Å². The van der Waals surface area contributed by atoms with Gasteiger partial charge in [-0.05, 0) is 47.5 Å². The van der Waals surface area contributed by atoms with Crippen molar-refractivity contribution in [2.45, 2.75) is 43.9 Å². The Morgan fingerprint density at radius 2 is 1.94 bits per heavy atom. The van der Waals surface area contributed by atoms with Crippen molar-refractivity contribution in [1.82, 2.24) is 15.2 Å². The summed E-state index contributed by atoms with van der Waals surface area (Å²) in [4.78, 5) is 31.4. The van der Waals surface area contributed by atoms with Gasteiger partial charge in [0.25, 0.3) is 5.91 Å². The van der Waals surface area contributed by atoms with Gasteiger partial charge in [0.15, 0.2) is 0 Å². The molecule has 2 atom stereocenters. The number of aromatic nitrogens is 1. The number of piperidine rings is 1. The third-order valence-electron chi connectivity index (χ3n) is 6.89. The molecule has 170 valence electrons. The van der Waals surface area contributed by atoms with E-state index in [2.05, 4.69) is 28.5 Å². The second-order valence-corrected chi connectivity index (χ2v) is 9.56. The Kier molecular flexibility index (Phi) is 6.00. The summed E-state index contributed by atoms with van der Waals surface area (Å²) in [5.74, 6) is 0.00473. The smallest absolute Gasteiger partial charge is 0.254 e. The molecule has 2 aromatic heterocycles. The zero-order valence-corrected chi connectivity index (χ0v) is 19.4. The lowest BCUT2D eigenvalue weighted by Crippen LogP contribution is -2.51. The van der Waals surface area contributed by atoms with E-state index in [-0.39, 0.29) is 29.4 Å². The van der Waals surface area contributed by atoms with Crippen LogP contribution >= 0.6 is 11.3 Å². The Morgan fingerprint density at radius 1 is 1.15 bits per heavy atom. The summed E-state index contributed by atoms with van der Waals surface area (Å²) >= 11 is 1.54. The third kappa shape index (κ3) is 4.07. The quantitative estimate of drug-likeness (QED) is 0.621. The summed E-state index contributed by atoms with van der Waals surface area (Å²) in [7, 11) is 0. The van der Waals surface area contributed by atoms with Crippen LogP contribution in [0.25, 0.3) is 0 Å². The van der Waals surface area contributed by atoms with Gasteiger partial charge >= 0.3 is 0 Å². The molecule has 1 saturated heterocycles. The van der Waals surface area contributed by atoms with Gasteiger partial charge in [0.1, 0.15) is 0 Å². The fraction of sp³-hybridized carbons (Fsp3) is 0.346. The number of nitrogens with zero attached hydrogens (tertiary/aromatic N) is 2. The minimum Gasteiger partial charge on any atom is -0.368 e. The number of pyridine rings is 1. The number of nitrogens with one attached hydrogen (secondary N) is 1. The number of hydrogen-bond acceptors (Lipinski definition) is 5. The van der Waals surface area contributed by atoms with Crippen molar-refractivity contribution in [2.75, 3.05) is 13.1 Å². The molecular weight excluding hydrogens is 434 g/mol. The lowest BCUT2D eigenvalue weighted by Gasteiger charge is -2.44. The number of ether oxygens (including phenoxy) is 1. The van der Waals surface area contributed by atoms with Gasteiger partial charge in [-0.2, -0.15) is 11.3 Å². The zero-order valence-electron chi connectivity index (χ0n) is 18.6. The summed E-state index contributed by atoms with van der Waals surface area (Å²) < 4.78 is 6.57. The molecule has 1 fully saturated rings. The number of amides is 2. The molecule has 1 aromatic carbocycles. The van der Waals surface area contributed by atoms with Crippen molar-refractivity contribution >= 4 is 23.2 Å². The second kappa shape index (κ2) is 9.08. The highest BCUT2D eigenvalue weighted by molar-refractivity contribution is 7.08. The molecule has 7 heteroatoms. The summed E-state index contributed by atoms with van der Waals surface area (Å²) in [6.07, 6.45) is 3.09. The molecule has 2 amide bonds. The number of rotatable bonds is 5. The maximum Gasteiger partial charge on any atom is 0.254 e. The molecule has 1 aliphatic heterocycles. The maximum absolute atomic E-state index is 12.9. The number of carbonyl (C=O) groups excluding carboxylic acids is 2. The monoisotopic (exact) mass is 461 g/mol. The van der Waals surface area contributed by atoms with Crippen molar-refractivity contribution in [3.8, 4) is 0 Å². The minimum atomic E-state index is -0.274. The first kappa shape index (κ1) is 21.8. The van der Waals surface area contributed by atoms with Crippen LogP contribution in [0.5, 0.6) is 0 Å². The van der Waals surface area contributed by atoms with Crippen molar-refractivity contribution in [3.63, 3.8) is 0 Å². The fourth-order valence-electron chi connectivity index (χ4n) is 5.38. The molecule has 6 nitrogen and oxygen atoms in total. The van der Waals surface area contributed by atoms with Crippen LogP contribution in [0, 0.1) is 0 Å². The highest BCUT2D eigenvalue weighted by atomic mass is 32.1. The second-order valence-electron chi connectivity index (χ2n) is 8.78. The highest BCUT2D eigenvalue weighted by Crippen LogP contribution is 2.52. The molecule has 5 rings (SSSR count). The van der Waals surface area contributed by atoms with Gasteiger partial charge in [0.2, 0.25) is 5.91 Å². The Balaban J connectivity index is 1.45. The number of benzene rings is 1. The van der Waals surface area contributed by atoms with E-state index >= 15 is 0 Å². The predicted molar refractivity (Wildman–Crippen MR) is 127 cm³/mol. The molecule has 0 radical (unpaired) electrons. The van der Waals surface area contributed by atoms with E-state index in [9.17, 15) is 9.59 Å². The predicted octanol–water partition coefficient (Wildman–Crippen LogP) is 4.09. The van der Waals surface area contributed by atoms with E-state index in [1.165, 1.54) is 16.9 Å². The fourth-order valence-corrected chi connectivity index (χ4v) is 6.00. The van der Waals surface area contributed by atoms with Gasteiger partial charge in [0.05, 0.1) is 30.0 Å². The topological polar surface area (TPSA) is 71.5 Å². The van der Waals surface area contributed by atoms with Crippen molar-refractivity contribution in [3.05, 3.63) is 87.9 Å². The summed E-state index contributed by atoms with van der Waals surface area (Å²) in [5.41, 5.74) is 3.66. The van der Waals surface area contributed by atoms with Gasteiger partial charge in [-0.15, -0.1) is 0 Å². The molecule has 3 aromatic rings. The van der Waals surface area contributed by atoms with E-state index in [4.69, 9.17) is 4.74 Å². The van der Waals surface area contributed by atoms with E-state index in [1.54, 1.807) is 13.1 Å². The maximum atomic E-state index is 12.9. The number of hydrogen-bond donors (Lipinski definition) is 1. The molecule has 2 aliphatic rings. The van der Waals surface area contributed by atoms with Crippen LogP contribution < -0.4 is 5.32 Å². The molecule has 33 heavy (non-hydrogen) atoms. The van der Waals surface area contributed by atoms with Crippen LogP contribution in [0.1, 0.15) is 53.0 Å². The van der Waals surface area contributed by atoms with E-state index in [0.717, 1.165) is 29.7 Å². The molecule has 1 spiro atoms. The summed E-state index contributed by atoms with van der Waals surface area (Å²) in [5, 5.41) is 6.99. The minimum absolute atomic E-state index is 0.0802. The average molecular weight is 462 g/mol. The van der Waals surface area contributed by atoms with Gasteiger partial charge in [-0.3, -0.25) is 14.6 Å². The summed E-state index contributed by atoms with van der Waals surface area (Å²) in [6.45, 7) is 3.22. The molecule has 0 saturated carbocycles. The van der Waals surface area contributed by atoms with E-state index < -0.39 is 0 Å². The van der Waals surface area contributed by atoms with Crippen LogP contribution in [0.4, 0.5) is 0 Å². The van der Waals surface area contributed by atoms with Crippen LogP contribution in [0.15, 0.2) is 65.5 Å². The Hall–Kier alpha value is -3.03. The van der Waals surface area contributed by atoms with Crippen LogP contribution in [-0.4, -0.2) is 40.9 Å². The van der Waals surface area contributed by atoms with E-state index in [1.807, 2.05) is 46.0 Å². The standard InChI is InChI=1S/C26H27N3O3S/c1-18(30)28-23-21-7-2-3-8-22(21)26(24(23)32-16-20-6-4-5-12-27-20)10-13-29(14-11-26)25(31)19-9-15-33-17-19/h2-9,12,15,17,23-24H,10-11,13-14,16H2,1H3,(H,28,30)/t23-,24+/m1/s1. The number of thiophene rings is 1. The summed E-state index contributed by atoms with van der Waals surface area (Å²) in [6, 6.07) is 15.7. The normalized spacial score (nSPS) is 21.1. The van der Waals surface area contributed by atoms with Gasteiger partial charge in [0, 0.05) is 37.0 Å². The lowest BCUT2D eigenvalue weighted by molar-refractivity contribution is -0.122. The Bertz CT molecular complexity index is 1120. The first-order chi connectivity index (χ1) is 16.1. The number of likely N-dealkylation sites (tertiary alicyclic amines) is 1.